The highest BCUT2D eigenvalue weighted by molar-refractivity contribution is 5.07. The van der Waals surface area contributed by atoms with Gasteiger partial charge in [-0.25, -0.2) is 0 Å². The van der Waals surface area contributed by atoms with Gasteiger partial charge in [0.2, 0.25) is 0 Å². The SMILES string of the molecule is Cn1nccc1CC1(C)CCCN1. The fourth-order valence-corrected chi connectivity index (χ4v) is 2.08. The second kappa shape index (κ2) is 3.14. The van der Waals surface area contributed by atoms with E-state index in [1.807, 2.05) is 17.9 Å². The van der Waals surface area contributed by atoms with Crippen molar-refractivity contribution in [3.63, 3.8) is 0 Å². The summed E-state index contributed by atoms with van der Waals surface area (Å²) in [7, 11) is 2.01. The largest absolute Gasteiger partial charge is 0.311 e. The van der Waals surface area contributed by atoms with Crippen LogP contribution < -0.4 is 5.32 Å². The number of aryl methyl sites for hydroxylation is 1. The van der Waals surface area contributed by atoms with E-state index in [0.29, 0.717) is 5.54 Å². The van der Waals surface area contributed by atoms with Crippen molar-refractivity contribution in [2.45, 2.75) is 31.7 Å². The number of rotatable bonds is 2. The topological polar surface area (TPSA) is 29.9 Å². The molecule has 0 saturated carbocycles. The molecule has 1 atom stereocenters. The van der Waals surface area contributed by atoms with Crippen molar-refractivity contribution in [2.75, 3.05) is 6.54 Å². The van der Waals surface area contributed by atoms with Gasteiger partial charge in [0, 0.05) is 30.9 Å². The molecule has 1 saturated heterocycles. The van der Waals surface area contributed by atoms with Crippen molar-refractivity contribution in [3.05, 3.63) is 18.0 Å². The van der Waals surface area contributed by atoms with E-state index < -0.39 is 0 Å². The second-order valence-electron chi connectivity index (χ2n) is 4.21. The van der Waals surface area contributed by atoms with Crippen LogP contribution in [-0.4, -0.2) is 21.9 Å². The third kappa shape index (κ3) is 1.75. The number of aromatic nitrogens is 2. The first-order valence-corrected chi connectivity index (χ1v) is 4.92. The molecule has 3 nitrogen and oxygen atoms in total. The highest BCUT2D eigenvalue weighted by Gasteiger charge is 2.28. The molecule has 1 fully saturated rings. The fraction of sp³-hybridized carbons (Fsp3) is 0.700. The molecule has 0 aliphatic carbocycles. The maximum Gasteiger partial charge on any atom is 0.0492 e. The predicted octanol–water partition coefficient (Wildman–Crippen LogP) is 1.10. The van der Waals surface area contributed by atoms with E-state index in [1.165, 1.54) is 18.5 Å². The first-order chi connectivity index (χ1) is 6.20. The van der Waals surface area contributed by atoms with Crippen LogP contribution >= 0.6 is 0 Å². The van der Waals surface area contributed by atoms with Crippen LogP contribution in [0.4, 0.5) is 0 Å². The number of nitrogens with one attached hydrogen (secondary N) is 1. The molecule has 0 bridgehead atoms. The van der Waals surface area contributed by atoms with Gasteiger partial charge in [-0.3, -0.25) is 4.68 Å². The van der Waals surface area contributed by atoms with Crippen molar-refractivity contribution in [1.29, 1.82) is 0 Å². The molecule has 1 N–H and O–H groups in total. The van der Waals surface area contributed by atoms with Gasteiger partial charge in [0.1, 0.15) is 0 Å². The molecule has 1 unspecified atom stereocenters. The van der Waals surface area contributed by atoms with Gasteiger partial charge in [0.15, 0.2) is 0 Å². The molecule has 13 heavy (non-hydrogen) atoms. The van der Waals surface area contributed by atoms with Crippen molar-refractivity contribution in [2.24, 2.45) is 7.05 Å². The Bertz CT molecular complexity index is 284. The minimum absolute atomic E-state index is 0.299. The Morgan fingerprint density at radius 1 is 1.69 bits per heavy atom. The molecule has 1 aliphatic heterocycles. The second-order valence-corrected chi connectivity index (χ2v) is 4.21. The summed E-state index contributed by atoms with van der Waals surface area (Å²) < 4.78 is 1.96. The third-order valence-electron chi connectivity index (χ3n) is 2.95. The summed E-state index contributed by atoms with van der Waals surface area (Å²) in [5, 5.41) is 7.74. The molecule has 0 spiro atoms. The van der Waals surface area contributed by atoms with Crippen molar-refractivity contribution >= 4 is 0 Å². The van der Waals surface area contributed by atoms with E-state index in [1.54, 1.807) is 0 Å². The van der Waals surface area contributed by atoms with Crippen molar-refractivity contribution < 1.29 is 0 Å². The lowest BCUT2D eigenvalue weighted by Gasteiger charge is -2.24. The van der Waals surface area contributed by atoms with Crippen LogP contribution in [0.3, 0.4) is 0 Å². The fourth-order valence-electron chi connectivity index (χ4n) is 2.08. The third-order valence-corrected chi connectivity index (χ3v) is 2.95. The summed E-state index contributed by atoms with van der Waals surface area (Å²) in [5.41, 5.74) is 1.62. The van der Waals surface area contributed by atoms with Crippen LogP contribution in [0.2, 0.25) is 0 Å². The van der Waals surface area contributed by atoms with E-state index in [9.17, 15) is 0 Å². The van der Waals surface area contributed by atoms with E-state index in [0.717, 1.165) is 13.0 Å². The molecule has 0 amide bonds. The smallest absolute Gasteiger partial charge is 0.0492 e. The van der Waals surface area contributed by atoms with Gasteiger partial charge in [-0.15, -0.1) is 0 Å². The Morgan fingerprint density at radius 2 is 2.54 bits per heavy atom. The molecule has 2 heterocycles. The lowest BCUT2D eigenvalue weighted by Crippen LogP contribution is -2.38. The molecule has 72 valence electrons. The minimum Gasteiger partial charge on any atom is -0.311 e. The quantitative estimate of drug-likeness (QED) is 0.737. The average Bonchev–Trinajstić information content (AvgIpc) is 2.64. The highest BCUT2D eigenvalue weighted by Crippen LogP contribution is 2.22. The summed E-state index contributed by atoms with van der Waals surface area (Å²) in [6.07, 6.45) is 5.53. The highest BCUT2D eigenvalue weighted by atomic mass is 15.3. The van der Waals surface area contributed by atoms with Gasteiger partial charge in [0.05, 0.1) is 0 Å². The minimum atomic E-state index is 0.299. The molecule has 2 rings (SSSR count). The standard InChI is InChI=1S/C10H17N3/c1-10(5-3-6-11-10)8-9-4-7-12-13(9)2/h4,7,11H,3,5-6,8H2,1-2H3. The normalized spacial score (nSPS) is 28.2. The zero-order chi connectivity index (χ0) is 9.31. The summed E-state index contributed by atoms with van der Waals surface area (Å²) in [4.78, 5) is 0. The lowest BCUT2D eigenvalue weighted by atomic mass is 9.94. The monoisotopic (exact) mass is 179 g/mol. The Kier molecular flexibility index (Phi) is 2.12. The van der Waals surface area contributed by atoms with Crippen LogP contribution in [0.25, 0.3) is 0 Å². The van der Waals surface area contributed by atoms with Gasteiger partial charge in [0.25, 0.3) is 0 Å². The molecule has 1 aromatic rings. The zero-order valence-electron chi connectivity index (χ0n) is 8.38. The van der Waals surface area contributed by atoms with E-state index in [-0.39, 0.29) is 0 Å². The Balaban J connectivity index is 2.09. The molecule has 1 aliphatic rings. The maximum absolute atomic E-state index is 4.18. The summed E-state index contributed by atoms with van der Waals surface area (Å²) >= 11 is 0. The van der Waals surface area contributed by atoms with Gasteiger partial charge in [-0.05, 0) is 32.4 Å². The van der Waals surface area contributed by atoms with Gasteiger partial charge in [-0.2, -0.15) is 5.10 Å². The number of nitrogens with zero attached hydrogens (tertiary/aromatic N) is 2. The predicted molar refractivity (Wildman–Crippen MR) is 52.6 cm³/mol. The van der Waals surface area contributed by atoms with Crippen molar-refractivity contribution in [1.82, 2.24) is 15.1 Å². The molecular weight excluding hydrogens is 162 g/mol. The summed E-state index contributed by atoms with van der Waals surface area (Å²) in [6.45, 7) is 3.46. The average molecular weight is 179 g/mol. The van der Waals surface area contributed by atoms with Gasteiger partial charge in [-0.1, -0.05) is 0 Å². The van der Waals surface area contributed by atoms with Crippen LogP contribution in [0.1, 0.15) is 25.5 Å². The molecule has 3 heteroatoms. The van der Waals surface area contributed by atoms with Crippen LogP contribution in [0, 0.1) is 0 Å². The van der Waals surface area contributed by atoms with Crippen LogP contribution in [-0.2, 0) is 13.5 Å². The Morgan fingerprint density at radius 3 is 3.08 bits per heavy atom. The van der Waals surface area contributed by atoms with E-state index >= 15 is 0 Å². The Hall–Kier alpha value is -0.830. The first-order valence-electron chi connectivity index (χ1n) is 4.92. The number of hydrogen-bond donors (Lipinski definition) is 1. The van der Waals surface area contributed by atoms with Crippen LogP contribution in [0.15, 0.2) is 12.3 Å². The number of hydrogen-bond acceptors (Lipinski definition) is 2. The van der Waals surface area contributed by atoms with Crippen LogP contribution in [0.5, 0.6) is 0 Å². The van der Waals surface area contributed by atoms with Gasteiger partial charge >= 0.3 is 0 Å². The van der Waals surface area contributed by atoms with Crippen molar-refractivity contribution in [3.8, 4) is 0 Å². The maximum atomic E-state index is 4.18. The zero-order valence-corrected chi connectivity index (χ0v) is 8.38. The molecule has 0 aromatic carbocycles. The summed E-state index contributed by atoms with van der Waals surface area (Å²) in [6, 6.07) is 2.10. The van der Waals surface area contributed by atoms with Gasteiger partial charge < -0.3 is 5.32 Å². The lowest BCUT2D eigenvalue weighted by molar-refractivity contribution is 0.401. The van der Waals surface area contributed by atoms with E-state index in [2.05, 4.69) is 23.4 Å². The molecular formula is C10H17N3. The molecule has 1 aromatic heterocycles. The van der Waals surface area contributed by atoms with E-state index in [4.69, 9.17) is 0 Å². The Labute approximate surface area is 79.1 Å². The summed E-state index contributed by atoms with van der Waals surface area (Å²) in [5.74, 6) is 0. The first kappa shape index (κ1) is 8.75. The molecule has 0 radical (unpaired) electrons.